The van der Waals surface area contributed by atoms with Gasteiger partial charge in [-0.05, 0) is 170 Å². The van der Waals surface area contributed by atoms with Gasteiger partial charge in [0.15, 0.2) is 0 Å². The summed E-state index contributed by atoms with van der Waals surface area (Å²) >= 11 is 0. The average molecular weight is 1330 g/mol. The third-order valence-electron chi connectivity index (χ3n) is 11.5. The van der Waals surface area contributed by atoms with Crippen molar-refractivity contribution < 1.29 is 386 Å². The summed E-state index contributed by atoms with van der Waals surface area (Å²) in [6.07, 6.45) is 5.64. The molecule has 0 radical (unpaired) electrons. The van der Waals surface area contributed by atoms with Crippen LogP contribution in [0.1, 0.15) is 381 Å². The van der Waals surface area contributed by atoms with E-state index in [1.54, 1.807) is 30.3 Å². The molecule has 36 N–H and O–H groups in total. The maximum atomic E-state index is 9.96. The highest BCUT2D eigenvalue weighted by Gasteiger charge is 2.29. The Morgan fingerprint density at radius 1 is 0.438 bits per heavy atom. The van der Waals surface area contributed by atoms with Crippen molar-refractivity contribution in [2.75, 3.05) is 0 Å². The van der Waals surface area contributed by atoms with Crippen LogP contribution in [0.2, 0.25) is 0 Å². The molecule has 4 aromatic rings. The van der Waals surface area contributed by atoms with E-state index in [0.29, 0.717) is 52.6 Å². The van der Waals surface area contributed by atoms with Crippen LogP contribution in [0.5, 0.6) is 23.0 Å². The smallest absolute Gasteiger partial charge is 0.118 e. The first kappa shape index (κ1) is 89.8. The molecule has 6 rings (SSSR count). The second kappa shape index (κ2) is 37.3. The molecule has 20 nitrogen and oxygen atoms in total. The zero-order valence-electron chi connectivity index (χ0n) is 37.8. The fourth-order valence-corrected chi connectivity index (χ4v) is 7.60. The molecule has 0 amide bonds. The predicted octanol–water partition coefficient (Wildman–Crippen LogP) is 46.0. The Hall–Kier alpha value is -5.08. The van der Waals surface area contributed by atoms with Crippen molar-refractivity contribution in [2.45, 2.75) is 86.5 Å². The summed E-state index contributed by atoms with van der Waals surface area (Å²) in [5.41, 5.74) is 13.5. The Morgan fingerprint density at radius 2 is 0.812 bits per heavy atom. The van der Waals surface area contributed by atoms with Gasteiger partial charge in [0.25, 0.3) is 0 Å². The van der Waals surface area contributed by atoms with Gasteiger partial charge in [-0.3, -0.25) is 0 Å². The van der Waals surface area contributed by atoms with Crippen LogP contribution < -0.4 is 0 Å². The van der Waals surface area contributed by atoms with Gasteiger partial charge in [0.05, 0.1) is 0 Å². The monoisotopic (exact) mass is 1330 g/mol. The lowest BCUT2D eigenvalue weighted by molar-refractivity contribution is 0.402. The van der Waals surface area contributed by atoms with Crippen LogP contribution >= 0.6 is 0 Å². The number of hydrogen-bond donors (Lipinski definition) is 4. The molecule has 0 saturated heterocycles. The quantitative estimate of drug-likeness (QED) is 0.155. The van der Waals surface area contributed by atoms with Crippen molar-refractivity contribution in [1.82, 2.24) is 0 Å². The van der Waals surface area contributed by atoms with Gasteiger partial charge >= 0.3 is 0 Å². The number of phenols is 4. The van der Waals surface area contributed by atoms with Gasteiger partial charge in [-0.2, -0.15) is 0 Å². The Morgan fingerprint density at radius 3 is 1.23 bits per heavy atom. The average Bonchev–Trinajstić information content (AvgIpc) is 3.07. The van der Waals surface area contributed by atoms with Gasteiger partial charge in [0, 0.05) is 284 Å². The van der Waals surface area contributed by atoms with E-state index < -0.39 is 0 Å². The third-order valence-corrected chi connectivity index (χ3v) is 11.5. The summed E-state index contributed by atoms with van der Waals surface area (Å²) in [4.78, 5) is 0. The number of rotatable bonds is 4. The molecule has 770 valence electrons. The van der Waals surface area contributed by atoms with Gasteiger partial charge in [-0.1, -0.05) is 68.8 Å². The zero-order chi connectivity index (χ0) is 34.9. The van der Waals surface area contributed by atoms with E-state index in [4.69, 9.17) is 0 Å². The highest BCUT2D eigenvalue weighted by Crippen LogP contribution is 2.46. The Balaban J connectivity index is -0.000000000561. The van der Waals surface area contributed by atoms with E-state index in [1.807, 2.05) is 50.2 Å². The van der Waals surface area contributed by atoms with Crippen molar-refractivity contribution in [3.8, 4) is 23.0 Å². The summed E-state index contributed by atoms with van der Waals surface area (Å²) in [5.74, 6) is 3.79. The lowest BCUT2D eigenvalue weighted by Crippen LogP contribution is -2.19. The number of benzene rings is 4. The first-order valence-electron chi connectivity index (χ1n) is 17.3. The van der Waals surface area contributed by atoms with Gasteiger partial charge in [0.1, 0.15) is 23.0 Å². The molecule has 0 bridgehead atoms. The molecule has 4 aromatic carbocycles. The van der Waals surface area contributed by atoms with E-state index in [0.717, 1.165) is 36.0 Å². The Labute approximate surface area is 664 Å². The lowest BCUT2D eigenvalue weighted by atomic mass is 9.71. The number of phenolic OH excluding ortho intramolecular Hbond substituents is 4. The van der Waals surface area contributed by atoms with Crippen molar-refractivity contribution in [3.63, 3.8) is 0 Å². The van der Waals surface area contributed by atoms with Crippen molar-refractivity contribution >= 4 is 11.1 Å². The van der Waals surface area contributed by atoms with E-state index in [1.165, 1.54) is 44.5 Å². The molecule has 0 aromatic heterocycles. The minimum Gasteiger partial charge on any atom is -0.508 e. The highest BCUT2D eigenvalue weighted by molar-refractivity contribution is 5.75. The summed E-state index contributed by atoms with van der Waals surface area (Å²) < 4.78 is 0. The van der Waals surface area contributed by atoms with Crippen LogP contribution in [-0.4, -0.2) is 108 Å². The number of allylic oxidation sites excluding steroid dienone is 4. The second-order valence-corrected chi connectivity index (χ2v) is 14.4. The summed E-state index contributed by atoms with van der Waals surface area (Å²) in [7, 11) is 0. The minimum atomic E-state index is 0. The normalized spacial score (nSPS) is 16.9. The fourth-order valence-electron chi connectivity index (χ4n) is 7.60. The van der Waals surface area contributed by atoms with Crippen molar-refractivity contribution in [2.24, 2.45) is 17.8 Å². The molecule has 0 aliphatic heterocycles. The van der Waals surface area contributed by atoms with Crippen LogP contribution in [0.4, 0.5) is 0 Å². The maximum absolute atomic E-state index is 9.96. The molecule has 20 heteroatoms. The Bertz CT molecular complexity index is 2070. The van der Waals surface area contributed by atoms with Crippen LogP contribution in [0, 0.1) is 45.4 Å². The zero-order valence-corrected chi connectivity index (χ0v) is 37.8. The summed E-state index contributed by atoms with van der Waals surface area (Å²) in [5, 5.41) is 39.0. The molecule has 0 saturated carbocycles. The SMILES string of the molecule is CC1=C(c2ccc(O)c(C)c2C)CC(c2ccc(O)cc2)CC1C.Cc1c(O)ccc(C2=CC(c3ccc(O)cc3)CC(C)C2C)c1C.O.O.O.O.O.O.O.O.O.O.O.O.O.O.O.O.[HH].[HH].[HH].[HH].[HH].[HH].[HH].[HH].[HH].[HH].[HH].[HH].[HH].[HH].[HH].[HH].[HH].[HH].[HH].[HH].[HH].[HH].[HH].[HH].[HH].[HH].[HH].[HH].[HH].[HH].[HH].[HH].[HH].[HH].[HH].[HH].[HH].[HH].[HH].[HH].[HH].[HH].[HH].[HH].[HH].[HH].[HH].[HH].[HH].[HH].[HH].[HH].[HH].[HH].[HH].[HH].[HH].[HH].[HH].[HH].[HH].[HH].[HH].[HH].[HH].[HH].[HH].[HH].[HH].[HH].[HH].[HH].[HH].[HH].[HH].[HH].[HH].[HH].[HH].[HH].[HH].[HH].[HH].[HH].[HH].[HH].[HH].[HH].[HH].[HH].[HH].[HH].[HH].[HH].[HH].[HH].[HH].[HH].[HH].[HH].[HH].[HH].[HH].[HH].[HH].[HH].[HH].[HH].[HH].[HH].[HH].[HH].[HH].[HH].[HH].[HH].[HH].[HH].[HH].[HH].[HH].[HH].[HH].[HH].[HH].[HH].[HH].[HH].[HH].[HH].[HH].[HH].[HH].[HH].[HH].[HH].[HH].[HH].[HH].[HH].[HH].[HH].[HH].[HH].[HH].[HH].[HH].[HH].[HH].[HH].[HH].[HH].[HH].[HH].[HH].[HH].[HH].[HH].[HH].[HH].[HH].[HH].[HH].[HH].[HH].[HH].[HH].[HH].[HH].[HH].[HH].[HH].[HH].[HH].[HH].[HH].[HH].[HH].[HH].[HH].[HH].[HH].[HH].[HH].[HH].[HH].[HH].[HH].[HH].[HH].[HH].[HH].[HH].[HH].[HH]. The molecule has 5 unspecified atom stereocenters. The second-order valence-electron chi connectivity index (χ2n) is 14.4. The fraction of sp³-hybridized carbons (Fsp3) is 0.364. The first-order valence-corrected chi connectivity index (χ1v) is 17.3. The van der Waals surface area contributed by atoms with E-state index in [-0.39, 0.29) is 366 Å². The van der Waals surface area contributed by atoms with Crippen LogP contribution in [0.3, 0.4) is 0 Å². The molecular formula is C44H474O20. The largest absolute Gasteiger partial charge is 0.508 e. The molecule has 0 spiro atoms. The molecule has 5 atom stereocenters. The molecule has 0 fully saturated rings. The first-order chi connectivity index (χ1) is 22.8. The highest BCUT2D eigenvalue weighted by atomic mass is 16.3. The van der Waals surface area contributed by atoms with Gasteiger partial charge in [-0.15, -0.1) is 0 Å². The molecule has 2 aliphatic rings. The van der Waals surface area contributed by atoms with Gasteiger partial charge in [-0.25, -0.2) is 0 Å². The van der Waals surface area contributed by atoms with Crippen LogP contribution in [0.25, 0.3) is 11.1 Å². The Kier molecular flexibility index (Phi) is 52.3. The van der Waals surface area contributed by atoms with Crippen molar-refractivity contribution in [3.05, 3.63) is 129 Å². The number of aromatic hydroxyl groups is 4. The molecule has 0 heterocycles. The maximum Gasteiger partial charge on any atom is 0.118 e. The van der Waals surface area contributed by atoms with E-state index in [9.17, 15) is 20.4 Å². The predicted molar refractivity (Wildman–Crippen MR) is 669 cm³/mol. The van der Waals surface area contributed by atoms with Crippen LogP contribution in [-0.2, 0) is 0 Å². The lowest BCUT2D eigenvalue weighted by Gasteiger charge is -2.33. The van der Waals surface area contributed by atoms with Gasteiger partial charge < -0.3 is 108 Å². The number of hydrogen-bond acceptors (Lipinski definition) is 4. The van der Waals surface area contributed by atoms with Gasteiger partial charge in [0.2, 0.25) is 0 Å². The summed E-state index contributed by atoms with van der Waals surface area (Å²) in [6, 6.07) is 22.9. The summed E-state index contributed by atoms with van der Waals surface area (Å²) in [6.45, 7) is 17.3. The molecule has 64 heavy (non-hydrogen) atoms. The van der Waals surface area contributed by atoms with E-state index in [2.05, 4.69) is 53.7 Å². The standard InChI is InChI=1S/2C22H26O2.16H2O.195H2/c2*1-13-11-18(17-5-7-19(23)8-6-17)12-21(14(13)2)20-9-10-22(24)16(4)15(20)3;;;;;;;;;;;;;;;;;;;;;;;;;;;;;;;;;;;;;;;;;;;;;;;;;;;;;;;;;;;;;;;;;;;;;;;;;;;;;;;;;;;;;;;;;;;;;;;;;;;;;;;;;;;;;;;;;;;;;;;;;;;;;;;;;;;;;;;;;;;;;;;;;;;;;;;;;;;;;;;;;;;;;;;;;;;;;;;;;;;;;;;;;;;;;;;;;;;;;;;;;;;;;;;;;;;/h5-10,13,18,23-24H,11-12H2,1-4H3;5-10,12-14,18,23-24H,11H2,1-4H3;16*1H2;195*1H. The van der Waals surface area contributed by atoms with Crippen LogP contribution in [0.15, 0.2) is 84.4 Å². The molecular weight excluding hydrogens is 848 g/mol. The topological polar surface area (TPSA) is 585 Å². The van der Waals surface area contributed by atoms with Crippen molar-refractivity contribution in [1.29, 1.82) is 0 Å². The third kappa shape index (κ3) is 18.9. The molecule has 2 aliphatic carbocycles. The van der Waals surface area contributed by atoms with E-state index >= 15 is 0 Å². The minimum absolute atomic E-state index is 0.